The molecule has 0 saturated heterocycles. The number of halogens is 1. The first-order valence-corrected chi connectivity index (χ1v) is 7.29. The number of benzene rings is 2. The third kappa shape index (κ3) is 4.50. The predicted octanol–water partition coefficient (Wildman–Crippen LogP) is 4.40. The van der Waals surface area contributed by atoms with Crippen LogP contribution in [0.15, 0.2) is 42.5 Å². The van der Waals surface area contributed by atoms with Crippen LogP contribution in [0.25, 0.3) is 0 Å². The Balaban J connectivity index is 1.82. The molecule has 0 saturated carbocycles. The van der Waals surface area contributed by atoms with Crippen LogP contribution in [0.4, 0.5) is 11.4 Å². The Hall–Kier alpha value is -2.00. The Morgan fingerprint density at radius 3 is 2.57 bits per heavy atom. The molecule has 3 nitrogen and oxygen atoms in total. The Bertz CT molecular complexity index is 640. The number of amides is 1. The van der Waals surface area contributed by atoms with Crippen molar-refractivity contribution in [3.63, 3.8) is 0 Å². The molecule has 0 heterocycles. The number of nitrogens with one attached hydrogen (secondary N) is 2. The van der Waals surface area contributed by atoms with E-state index in [1.54, 1.807) is 0 Å². The van der Waals surface area contributed by atoms with Crippen molar-refractivity contribution < 1.29 is 4.79 Å². The Labute approximate surface area is 130 Å². The molecule has 0 aliphatic rings. The molecule has 0 aliphatic carbocycles. The van der Waals surface area contributed by atoms with Gasteiger partial charge in [-0.3, -0.25) is 4.79 Å². The zero-order valence-corrected chi connectivity index (χ0v) is 13.0. The molecule has 0 unspecified atom stereocenters. The van der Waals surface area contributed by atoms with Crippen molar-refractivity contribution >= 4 is 28.9 Å². The molecule has 0 radical (unpaired) electrons. The molecular formula is C17H19ClN2O. The molecule has 0 spiro atoms. The zero-order chi connectivity index (χ0) is 15.2. The van der Waals surface area contributed by atoms with Crippen LogP contribution in [0, 0.1) is 13.8 Å². The standard InChI is InChI=1S/C17H19ClN2O/c1-12-7-8-14(11-15(12)18)19-10-9-17(21)20-16-6-4-3-5-13(16)2/h3-8,11,19H,9-10H2,1-2H3,(H,20,21). The summed E-state index contributed by atoms with van der Waals surface area (Å²) in [4.78, 5) is 11.9. The lowest BCUT2D eigenvalue weighted by Gasteiger charge is -2.10. The molecule has 0 bridgehead atoms. The lowest BCUT2D eigenvalue weighted by molar-refractivity contribution is -0.115. The number of hydrogen-bond acceptors (Lipinski definition) is 2. The molecule has 2 aromatic rings. The molecule has 21 heavy (non-hydrogen) atoms. The number of para-hydroxylation sites is 1. The molecule has 0 aliphatic heterocycles. The number of aryl methyl sites for hydroxylation is 2. The summed E-state index contributed by atoms with van der Waals surface area (Å²) in [7, 11) is 0. The molecule has 0 atom stereocenters. The van der Waals surface area contributed by atoms with E-state index < -0.39 is 0 Å². The van der Waals surface area contributed by atoms with Crippen molar-refractivity contribution in [2.24, 2.45) is 0 Å². The number of carbonyl (C=O) groups excluding carboxylic acids is 1. The summed E-state index contributed by atoms with van der Waals surface area (Å²) in [5.41, 5.74) is 3.89. The van der Waals surface area contributed by atoms with Crippen molar-refractivity contribution in [1.82, 2.24) is 0 Å². The van der Waals surface area contributed by atoms with E-state index in [4.69, 9.17) is 11.6 Å². The third-order valence-electron chi connectivity index (χ3n) is 3.27. The van der Waals surface area contributed by atoms with Crippen molar-refractivity contribution in [1.29, 1.82) is 0 Å². The maximum Gasteiger partial charge on any atom is 0.226 e. The zero-order valence-electron chi connectivity index (χ0n) is 12.2. The molecule has 0 fully saturated rings. The van der Waals surface area contributed by atoms with Gasteiger partial charge in [0.15, 0.2) is 0 Å². The first-order chi connectivity index (χ1) is 10.1. The first-order valence-electron chi connectivity index (χ1n) is 6.92. The third-order valence-corrected chi connectivity index (χ3v) is 3.68. The van der Waals surface area contributed by atoms with Crippen LogP contribution in [0.2, 0.25) is 5.02 Å². The van der Waals surface area contributed by atoms with Gasteiger partial charge in [-0.05, 0) is 43.2 Å². The van der Waals surface area contributed by atoms with Crippen LogP contribution in [-0.2, 0) is 4.79 Å². The highest BCUT2D eigenvalue weighted by Crippen LogP contribution is 2.20. The average molecular weight is 303 g/mol. The molecule has 110 valence electrons. The highest BCUT2D eigenvalue weighted by molar-refractivity contribution is 6.31. The van der Waals surface area contributed by atoms with Gasteiger partial charge in [-0.1, -0.05) is 35.9 Å². The lowest BCUT2D eigenvalue weighted by Crippen LogP contribution is -2.16. The number of hydrogen-bond donors (Lipinski definition) is 2. The normalized spacial score (nSPS) is 10.2. The van der Waals surface area contributed by atoms with Gasteiger partial charge in [0, 0.05) is 29.4 Å². The SMILES string of the molecule is Cc1ccc(NCCC(=O)Nc2ccccc2C)cc1Cl. The van der Waals surface area contributed by atoms with Crippen LogP contribution in [0.3, 0.4) is 0 Å². The molecular weight excluding hydrogens is 284 g/mol. The number of carbonyl (C=O) groups is 1. The van der Waals surface area contributed by atoms with E-state index in [0.717, 1.165) is 27.5 Å². The van der Waals surface area contributed by atoms with Crippen molar-refractivity contribution in [2.45, 2.75) is 20.3 Å². The maximum atomic E-state index is 11.9. The van der Waals surface area contributed by atoms with Crippen LogP contribution in [0.1, 0.15) is 17.5 Å². The largest absolute Gasteiger partial charge is 0.384 e. The van der Waals surface area contributed by atoms with E-state index in [9.17, 15) is 4.79 Å². The molecule has 2 rings (SSSR count). The van der Waals surface area contributed by atoms with Gasteiger partial charge in [0.1, 0.15) is 0 Å². The van der Waals surface area contributed by atoms with Crippen LogP contribution in [-0.4, -0.2) is 12.5 Å². The fourth-order valence-corrected chi connectivity index (χ4v) is 2.13. The van der Waals surface area contributed by atoms with Gasteiger partial charge in [0.2, 0.25) is 5.91 Å². The fourth-order valence-electron chi connectivity index (χ4n) is 1.95. The Morgan fingerprint density at radius 2 is 1.86 bits per heavy atom. The van der Waals surface area contributed by atoms with Gasteiger partial charge in [-0.25, -0.2) is 0 Å². The van der Waals surface area contributed by atoms with Gasteiger partial charge in [-0.15, -0.1) is 0 Å². The van der Waals surface area contributed by atoms with Gasteiger partial charge >= 0.3 is 0 Å². The highest BCUT2D eigenvalue weighted by atomic mass is 35.5. The topological polar surface area (TPSA) is 41.1 Å². The summed E-state index contributed by atoms with van der Waals surface area (Å²) in [6.45, 7) is 4.50. The smallest absolute Gasteiger partial charge is 0.226 e. The summed E-state index contributed by atoms with van der Waals surface area (Å²) in [6.07, 6.45) is 0.403. The summed E-state index contributed by atoms with van der Waals surface area (Å²) < 4.78 is 0. The maximum absolute atomic E-state index is 11.9. The minimum atomic E-state index is -0.00462. The quantitative estimate of drug-likeness (QED) is 0.859. The van der Waals surface area contributed by atoms with Gasteiger partial charge in [0.25, 0.3) is 0 Å². The van der Waals surface area contributed by atoms with Crippen molar-refractivity contribution in [3.05, 3.63) is 58.6 Å². The summed E-state index contributed by atoms with van der Waals surface area (Å²) in [5.74, 6) is -0.00462. The van der Waals surface area contributed by atoms with Crippen LogP contribution < -0.4 is 10.6 Å². The van der Waals surface area contributed by atoms with E-state index in [0.29, 0.717) is 13.0 Å². The number of anilines is 2. The van der Waals surface area contributed by atoms with Crippen LogP contribution >= 0.6 is 11.6 Å². The second kappa shape index (κ2) is 7.14. The Morgan fingerprint density at radius 1 is 1.10 bits per heavy atom. The average Bonchev–Trinajstić information content (AvgIpc) is 2.45. The summed E-state index contributed by atoms with van der Waals surface area (Å²) in [5, 5.41) is 6.84. The van der Waals surface area contributed by atoms with E-state index in [1.165, 1.54) is 0 Å². The van der Waals surface area contributed by atoms with Gasteiger partial charge < -0.3 is 10.6 Å². The van der Waals surface area contributed by atoms with Crippen LogP contribution in [0.5, 0.6) is 0 Å². The summed E-state index contributed by atoms with van der Waals surface area (Å²) in [6, 6.07) is 13.5. The van der Waals surface area contributed by atoms with E-state index in [1.807, 2.05) is 56.3 Å². The minimum absolute atomic E-state index is 0.00462. The molecule has 0 aromatic heterocycles. The van der Waals surface area contributed by atoms with E-state index in [2.05, 4.69) is 10.6 Å². The molecule has 2 N–H and O–H groups in total. The lowest BCUT2D eigenvalue weighted by atomic mass is 10.2. The number of rotatable bonds is 5. The molecule has 2 aromatic carbocycles. The highest BCUT2D eigenvalue weighted by Gasteiger charge is 2.04. The predicted molar refractivity (Wildman–Crippen MR) is 89.1 cm³/mol. The minimum Gasteiger partial charge on any atom is -0.384 e. The summed E-state index contributed by atoms with van der Waals surface area (Å²) >= 11 is 6.06. The van der Waals surface area contributed by atoms with Crippen molar-refractivity contribution in [3.8, 4) is 0 Å². The van der Waals surface area contributed by atoms with Gasteiger partial charge in [0.05, 0.1) is 0 Å². The second-order valence-corrected chi connectivity index (χ2v) is 5.41. The monoisotopic (exact) mass is 302 g/mol. The second-order valence-electron chi connectivity index (χ2n) is 5.00. The fraction of sp³-hybridized carbons (Fsp3) is 0.235. The van der Waals surface area contributed by atoms with E-state index in [-0.39, 0.29) is 5.91 Å². The first kappa shape index (κ1) is 15.4. The molecule has 1 amide bonds. The van der Waals surface area contributed by atoms with E-state index >= 15 is 0 Å². The van der Waals surface area contributed by atoms with Gasteiger partial charge in [-0.2, -0.15) is 0 Å². The molecule has 4 heteroatoms. The van der Waals surface area contributed by atoms with Crippen molar-refractivity contribution in [2.75, 3.05) is 17.2 Å². The Kier molecular flexibility index (Phi) is 5.23.